The Morgan fingerprint density at radius 2 is 2.14 bits per heavy atom. The van der Waals surface area contributed by atoms with Crippen LogP contribution in [0, 0.1) is 6.92 Å². The largest absolute Gasteiger partial charge is 0.462 e. The molecule has 1 atom stereocenters. The van der Waals surface area contributed by atoms with Crippen LogP contribution in [0.1, 0.15) is 40.2 Å². The maximum atomic E-state index is 13.2. The minimum absolute atomic E-state index is 0.244. The van der Waals surface area contributed by atoms with E-state index in [4.69, 9.17) is 4.74 Å². The van der Waals surface area contributed by atoms with Crippen LogP contribution >= 0.6 is 11.3 Å². The Bertz CT molecular complexity index is 1150. The quantitative estimate of drug-likeness (QED) is 0.686. The van der Waals surface area contributed by atoms with Crippen molar-refractivity contribution in [3.63, 3.8) is 0 Å². The summed E-state index contributed by atoms with van der Waals surface area (Å²) in [6, 6.07) is 6.95. The molecular weight excluding hydrogens is 378 g/mol. The Balaban J connectivity index is 1.77. The minimum Gasteiger partial charge on any atom is -0.462 e. The van der Waals surface area contributed by atoms with Crippen LogP contribution in [0.15, 0.2) is 35.4 Å². The molecule has 4 rings (SSSR count). The van der Waals surface area contributed by atoms with E-state index in [1.54, 1.807) is 13.8 Å². The maximum absolute atomic E-state index is 13.2. The molecule has 3 aromatic rings. The average Bonchev–Trinajstić information content (AvgIpc) is 2.92. The number of thiophene rings is 1. The first-order chi connectivity index (χ1) is 13.5. The predicted molar refractivity (Wildman–Crippen MR) is 107 cm³/mol. The number of fused-ring (bicyclic) bond motifs is 2. The van der Waals surface area contributed by atoms with E-state index in [9.17, 15) is 14.4 Å². The number of benzene rings is 1. The summed E-state index contributed by atoms with van der Waals surface area (Å²) in [4.78, 5) is 43.3. The monoisotopic (exact) mass is 397 g/mol. The van der Waals surface area contributed by atoms with Gasteiger partial charge < -0.3 is 10.1 Å². The van der Waals surface area contributed by atoms with Gasteiger partial charge in [0.15, 0.2) is 0 Å². The summed E-state index contributed by atoms with van der Waals surface area (Å²) in [5.41, 5.74) is 2.04. The van der Waals surface area contributed by atoms with Crippen molar-refractivity contribution in [2.24, 2.45) is 0 Å². The van der Waals surface area contributed by atoms with E-state index in [1.807, 2.05) is 24.3 Å². The molecule has 0 saturated heterocycles. The fourth-order valence-electron chi connectivity index (χ4n) is 3.52. The van der Waals surface area contributed by atoms with E-state index < -0.39 is 12.0 Å². The third-order valence-electron chi connectivity index (χ3n) is 4.94. The number of anilines is 1. The topological polar surface area (TPSA) is 90.3 Å². The molecule has 0 spiro atoms. The Kier molecular flexibility index (Phi) is 4.72. The highest BCUT2D eigenvalue weighted by atomic mass is 32.1. The Hall–Kier alpha value is -3.00. The number of amides is 1. The molecule has 1 amide bonds. The van der Waals surface area contributed by atoms with Crippen LogP contribution in [0.5, 0.6) is 0 Å². The summed E-state index contributed by atoms with van der Waals surface area (Å²) in [6.07, 6.45) is 2.56. The van der Waals surface area contributed by atoms with E-state index >= 15 is 0 Å². The maximum Gasteiger partial charge on any atom is 0.348 e. The van der Waals surface area contributed by atoms with Gasteiger partial charge in [-0.05, 0) is 43.9 Å². The molecule has 0 saturated carbocycles. The first kappa shape index (κ1) is 18.4. The third-order valence-corrected chi connectivity index (χ3v) is 6.12. The molecule has 1 aromatic carbocycles. The zero-order valence-electron chi connectivity index (χ0n) is 15.5. The number of hydrogen-bond acceptors (Lipinski definition) is 6. The zero-order chi connectivity index (χ0) is 19.8. The normalized spacial score (nSPS) is 16.4. The summed E-state index contributed by atoms with van der Waals surface area (Å²) >= 11 is 1.14. The van der Waals surface area contributed by atoms with Gasteiger partial charge in [-0.2, -0.15) is 0 Å². The molecule has 0 radical (unpaired) electrons. The number of aryl methyl sites for hydroxylation is 2. The molecule has 0 bridgehead atoms. The van der Waals surface area contributed by atoms with Crippen molar-refractivity contribution >= 4 is 39.1 Å². The summed E-state index contributed by atoms with van der Waals surface area (Å²) in [6.45, 7) is 3.70. The van der Waals surface area contributed by atoms with Gasteiger partial charge in [-0.25, -0.2) is 9.78 Å². The molecule has 28 heavy (non-hydrogen) atoms. The van der Waals surface area contributed by atoms with Crippen LogP contribution in [0.3, 0.4) is 0 Å². The summed E-state index contributed by atoms with van der Waals surface area (Å²) in [5, 5.41) is 3.27. The van der Waals surface area contributed by atoms with Gasteiger partial charge in [-0.3, -0.25) is 14.2 Å². The molecular formula is C20H19N3O4S. The third kappa shape index (κ3) is 2.99. The summed E-state index contributed by atoms with van der Waals surface area (Å²) in [5.74, 6) is -0.705. The van der Waals surface area contributed by atoms with Crippen LogP contribution in [0.2, 0.25) is 0 Å². The lowest BCUT2D eigenvalue weighted by Gasteiger charge is -2.16. The first-order valence-electron chi connectivity index (χ1n) is 9.07. The van der Waals surface area contributed by atoms with E-state index in [0.29, 0.717) is 33.5 Å². The second-order valence-corrected chi connectivity index (χ2v) is 7.61. The molecule has 0 unspecified atom stereocenters. The smallest absolute Gasteiger partial charge is 0.348 e. The number of rotatable bonds is 3. The van der Waals surface area contributed by atoms with Crippen LogP contribution in [0.25, 0.3) is 10.2 Å². The average molecular weight is 397 g/mol. The Labute approximate surface area is 165 Å². The van der Waals surface area contributed by atoms with Crippen LogP contribution < -0.4 is 10.9 Å². The lowest BCUT2D eigenvalue weighted by atomic mass is 10.1. The number of esters is 1. The lowest BCUT2D eigenvalue weighted by Crippen LogP contribution is -2.32. The van der Waals surface area contributed by atoms with E-state index in [2.05, 4.69) is 10.3 Å². The van der Waals surface area contributed by atoms with Gasteiger partial charge in [0.1, 0.15) is 15.7 Å². The van der Waals surface area contributed by atoms with Crippen molar-refractivity contribution < 1.29 is 14.3 Å². The second kappa shape index (κ2) is 7.20. The van der Waals surface area contributed by atoms with E-state index in [-0.39, 0.29) is 18.1 Å². The Morgan fingerprint density at radius 3 is 2.93 bits per heavy atom. The lowest BCUT2D eigenvalue weighted by molar-refractivity contribution is -0.119. The van der Waals surface area contributed by atoms with Gasteiger partial charge in [0.2, 0.25) is 5.91 Å². The van der Waals surface area contributed by atoms with Crippen LogP contribution in [-0.4, -0.2) is 28.0 Å². The molecule has 1 aliphatic rings. The number of hydrogen-bond donors (Lipinski definition) is 1. The molecule has 1 N–H and O–H groups in total. The van der Waals surface area contributed by atoms with Gasteiger partial charge in [0, 0.05) is 5.69 Å². The molecule has 144 valence electrons. The van der Waals surface area contributed by atoms with Crippen LogP contribution in [-0.2, 0) is 16.0 Å². The highest BCUT2D eigenvalue weighted by molar-refractivity contribution is 7.20. The fourth-order valence-corrected chi connectivity index (χ4v) is 4.55. The van der Waals surface area contributed by atoms with Crippen LogP contribution in [0.4, 0.5) is 5.69 Å². The fraction of sp³-hybridized carbons (Fsp3) is 0.300. The SMILES string of the molecule is CCOC(=O)c1sc2ncn([C@@H]3CCc4ccccc4NC3=O)c(=O)c2c1C. The zero-order valence-corrected chi connectivity index (χ0v) is 16.3. The molecule has 8 heteroatoms. The Morgan fingerprint density at radius 1 is 1.36 bits per heavy atom. The second-order valence-electron chi connectivity index (χ2n) is 6.61. The highest BCUT2D eigenvalue weighted by Crippen LogP contribution is 2.30. The molecule has 1 aliphatic heterocycles. The van der Waals surface area contributed by atoms with Crippen molar-refractivity contribution in [2.75, 3.05) is 11.9 Å². The van der Waals surface area contributed by atoms with Gasteiger partial charge in [0.25, 0.3) is 5.56 Å². The number of ether oxygens (including phenoxy) is 1. The predicted octanol–water partition coefficient (Wildman–Crippen LogP) is 3.07. The number of aromatic nitrogens is 2. The molecule has 2 aromatic heterocycles. The number of nitrogens with one attached hydrogen (secondary N) is 1. The first-order valence-corrected chi connectivity index (χ1v) is 9.89. The van der Waals surface area contributed by atoms with Gasteiger partial charge in [-0.15, -0.1) is 11.3 Å². The number of carbonyl (C=O) groups excluding carboxylic acids is 2. The highest BCUT2D eigenvalue weighted by Gasteiger charge is 2.28. The van der Waals surface area contributed by atoms with Crippen molar-refractivity contribution in [3.8, 4) is 0 Å². The van der Waals surface area contributed by atoms with Crippen molar-refractivity contribution in [3.05, 3.63) is 57.0 Å². The van der Waals surface area contributed by atoms with E-state index in [1.165, 1.54) is 10.9 Å². The molecule has 3 heterocycles. The number of carbonyl (C=O) groups is 2. The molecule has 7 nitrogen and oxygen atoms in total. The number of nitrogens with zero attached hydrogens (tertiary/aromatic N) is 2. The van der Waals surface area contributed by atoms with E-state index in [0.717, 1.165) is 22.6 Å². The summed E-state index contributed by atoms with van der Waals surface area (Å²) < 4.78 is 6.44. The van der Waals surface area contributed by atoms with Gasteiger partial charge >= 0.3 is 5.97 Å². The minimum atomic E-state index is -0.665. The standard InChI is InChI=1S/C20H19N3O4S/c1-3-27-20(26)16-11(2)15-18(28-16)21-10-23(19(15)25)14-9-8-12-6-4-5-7-13(12)22-17(14)24/h4-7,10,14H,3,8-9H2,1-2H3,(H,22,24)/t14-/m1/s1. The van der Waals surface area contributed by atoms with Gasteiger partial charge in [0.05, 0.1) is 18.3 Å². The van der Waals surface area contributed by atoms with Crippen molar-refractivity contribution in [1.29, 1.82) is 0 Å². The molecule has 0 fully saturated rings. The summed E-state index contributed by atoms with van der Waals surface area (Å²) in [7, 11) is 0. The molecule has 0 aliphatic carbocycles. The van der Waals surface area contributed by atoms with Crippen molar-refractivity contribution in [1.82, 2.24) is 9.55 Å². The van der Waals surface area contributed by atoms with Gasteiger partial charge in [-0.1, -0.05) is 18.2 Å². The van der Waals surface area contributed by atoms with Crippen molar-refractivity contribution in [2.45, 2.75) is 32.7 Å². The number of para-hydroxylation sites is 1.